The van der Waals surface area contributed by atoms with Gasteiger partial charge >= 0.3 is 0 Å². The van der Waals surface area contributed by atoms with Crippen LogP contribution in [0.5, 0.6) is 23.0 Å². The number of ether oxygens (including phenoxy) is 4. The molecule has 6 heteroatoms. The first-order chi connectivity index (χ1) is 15.1. The van der Waals surface area contributed by atoms with E-state index in [4.69, 9.17) is 18.9 Å². The van der Waals surface area contributed by atoms with Crippen LogP contribution in [0.25, 0.3) is 0 Å². The van der Waals surface area contributed by atoms with Crippen molar-refractivity contribution in [2.45, 2.75) is 50.4 Å². The van der Waals surface area contributed by atoms with E-state index in [-0.39, 0.29) is 17.9 Å². The fraction of sp³-hybridized carbons (Fsp3) is 0.520. The van der Waals surface area contributed by atoms with E-state index in [1.807, 2.05) is 30.3 Å². The van der Waals surface area contributed by atoms with Crippen LogP contribution in [-0.2, 0) is 0 Å². The Balaban J connectivity index is 1.36. The number of hydrogen-bond donors (Lipinski definition) is 2. The molecule has 0 saturated heterocycles. The van der Waals surface area contributed by atoms with Gasteiger partial charge < -0.3 is 29.2 Å². The molecule has 166 valence electrons. The molecule has 0 aromatic heterocycles. The zero-order chi connectivity index (χ0) is 21.4. The fourth-order valence-corrected chi connectivity index (χ4v) is 5.09. The maximum absolute atomic E-state index is 11.2. The molecule has 2 N–H and O–H groups in total. The summed E-state index contributed by atoms with van der Waals surface area (Å²) in [6.07, 6.45) is 4.54. The van der Waals surface area contributed by atoms with E-state index in [0.717, 1.165) is 18.6 Å². The van der Waals surface area contributed by atoms with E-state index in [0.29, 0.717) is 41.6 Å². The molecular weight excluding hydrogens is 396 g/mol. The van der Waals surface area contributed by atoms with Gasteiger partial charge in [-0.15, -0.1) is 0 Å². The topological polar surface area (TPSA) is 77.4 Å². The number of aliphatic hydroxyl groups is 2. The van der Waals surface area contributed by atoms with Crippen LogP contribution in [0.15, 0.2) is 36.4 Å². The highest BCUT2D eigenvalue weighted by atomic mass is 16.5. The van der Waals surface area contributed by atoms with Gasteiger partial charge in [-0.3, -0.25) is 0 Å². The van der Waals surface area contributed by atoms with Crippen molar-refractivity contribution in [3.8, 4) is 23.0 Å². The van der Waals surface area contributed by atoms with Crippen molar-refractivity contribution in [2.75, 3.05) is 20.3 Å². The maximum atomic E-state index is 11.2. The predicted octanol–water partition coefficient (Wildman–Crippen LogP) is 4.19. The second-order valence-electron chi connectivity index (χ2n) is 8.82. The SMILES string of the molecule is COc1ccc2c(c1)[C@@H](O)[C@@H]([C@@H]1COc3ccc(OC4CCCCC4)cc3[C@@H]1O)CO2. The number of fused-ring (bicyclic) bond motifs is 2. The zero-order valence-electron chi connectivity index (χ0n) is 17.8. The van der Waals surface area contributed by atoms with Crippen LogP contribution in [0, 0.1) is 11.8 Å². The van der Waals surface area contributed by atoms with Crippen molar-refractivity contribution in [3.05, 3.63) is 47.5 Å². The Morgan fingerprint density at radius 2 is 1.32 bits per heavy atom. The van der Waals surface area contributed by atoms with Gasteiger partial charge in [-0.05, 0) is 62.1 Å². The van der Waals surface area contributed by atoms with Gasteiger partial charge in [0.05, 0.1) is 38.6 Å². The summed E-state index contributed by atoms with van der Waals surface area (Å²) in [5.74, 6) is 2.16. The molecule has 2 aliphatic heterocycles. The minimum atomic E-state index is -0.773. The summed E-state index contributed by atoms with van der Waals surface area (Å²) in [6, 6.07) is 11.1. The van der Waals surface area contributed by atoms with Gasteiger partial charge in [-0.25, -0.2) is 0 Å². The van der Waals surface area contributed by atoms with Crippen molar-refractivity contribution in [2.24, 2.45) is 11.8 Å². The standard InChI is InChI=1S/C25H30O6/c1-28-16-7-9-22-18(11-16)24(26)20(13-29-22)21-14-30-23-10-8-17(12-19(23)25(21)27)31-15-5-3-2-4-6-15/h7-12,15,20-21,24-27H,2-6,13-14H2,1H3/t20-,21+,24-,25+/m1/s1. The second kappa shape index (κ2) is 8.60. The summed E-state index contributed by atoms with van der Waals surface area (Å²) in [7, 11) is 1.60. The Morgan fingerprint density at radius 3 is 1.90 bits per heavy atom. The Kier molecular flexibility index (Phi) is 5.67. The molecule has 5 rings (SSSR count). The second-order valence-corrected chi connectivity index (χ2v) is 8.82. The Labute approximate surface area is 182 Å². The van der Waals surface area contributed by atoms with E-state index in [9.17, 15) is 10.2 Å². The lowest BCUT2D eigenvalue weighted by molar-refractivity contribution is -0.0553. The maximum Gasteiger partial charge on any atom is 0.125 e. The summed E-state index contributed by atoms with van der Waals surface area (Å²) in [5, 5.41) is 22.3. The minimum Gasteiger partial charge on any atom is -0.497 e. The van der Waals surface area contributed by atoms with E-state index in [1.165, 1.54) is 19.3 Å². The molecule has 0 unspecified atom stereocenters. The highest BCUT2D eigenvalue weighted by Crippen LogP contribution is 2.47. The van der Waals surface area contributed by atoms with Crippen molar-refractivity contribution in [1.82, 2.24) is 0 Å². The first-order valence-electron chi connectivity index (χ1n) is 11.2. The average molecular weight is 427 g/mol. The molecule has 2 heterocycles. The third-order valence-electron chi connectivity index (χ3n) is 6.91. The van der Waals surface area contributed by atoms with Crippen molar-refractivity contribution < 1.29 is 29.2 Å². The third-order valence-corrected chi connectivity index (χ3v) is 6.91. The van der Waals surface area contributed by atoms with E-state index < -0.39 is 12.2 Å². The first kappa shape index (κ1) is 20.5. The molecule has 1 fully saturated rings. The molecule has 0 spiro atoms. The molecule has 0 radical (unpaired) electrons. The van der Waals surface area contributed by atoms with Crippen molar-refractivity contribution in [1.29, 1.82) is 0 Å². The fourth-order valence-electron chi connectivity index (χ4n) is 5.09. The number of methoxy groups -OCH3 is 1. The summed E-state index contributed by atoms with van der Waals surface area (Å²) in [4.78, 5) is 0. The average Bonchev–Trinajstić information content (AvgIpc) is 2.81. The summed E-state index contributed by atoms with van der Waals surface area (Å²) in [5.41, 5.74) is 1.40. The first-order valence-corrected chi connectivity index (χ1v) is 11.2. The van der Waals surface area contributed by atoms with Crippen LogP contribution in [0.1, 0.15) is 55.4 Å². The lowest BCUT2D eigenvalue weighted by Crippen LogP contribution is -2.40. The van der Waals surface area contributed by atoms with E-state index >= 15 is 0 Å². The quantitative estimate of drug-likeness (QED) is 0.763. The Morgan fingerprint density at radius 1 is 0.774 bits per heavy atom. The van der Waals surface area contributed by atoms with Crippen LogP contribution < -0.4 is 18.9 Å². The highest BCUT2D eigenvalue weighted by Gasteiger charge is 2.42. The molecule has 1 aliphatic carbocycles. The highest BCUT2D eigenvalue weighted by molar-refractivity contribution is 5.45. The van der Waals surface area contributed by atoms with Crippen molar-refractivity contribution >= 4 is 0 Å². The van der Waals surface area contributed by atoms with E-state index in [2.05, 4.69) is 0 Å². The van der Waals surface area contributed by atoms with Gasteiger partial charge in [-0.2, -0.15) is 0 Å². The summed E-state index contributed by atoms with van der Waals surface area (Å²) >= 11 is 0. The van der Waals surface area contributed by atoms with Gasteiger partial charge in [0.15, 0.2) is 0 Å². The van der Waals surface area contributed by atoms with Crippen LogP contribution in [-0.4, -0.2) is 36.6 Å². The minimum absolute atomic E-state index is 0.240. The lowest BCUT2D eigenvalue weighted by Gasteiger charge is -2.40. The third kappa shape index (κ3) is 3.94. The van der Waals surface area contributed by atoms with Crippen LogP contribution >= 0.6 is 0 Å². The van der Waals surface area contributed by atoms with Gasteiger partial charge in [0.25, 0.3) is 0 Å². The molecule has 6 nitrogen and oxygen atoms in total. The lowest BCUT2D eigenvalue weighted by atomic mass is 9.77. The van der Waals surface area contributed by atoms with Gasteiger partial charge in [0, 0.05) is 23.0 Å². The number of rotatable bonds is 4. The molecule has 0 amide bonds. The van der Waals surface area contributed by atoms with Gasteiger partial charge in [-0.1, -0.05) is 6.42 Å². The van der Waals surface area contributed by atoms with E-state index in [1.54, 1.807) is 13.2 Å². The summed E-state index contributed by atoms with van der Waals surface area (Å²) in [6.45, 7) is 0.639. The molecule has 1 saturated carbocycles. The Hall–Kier alpha value is -2.44. The smallest absolute Gasteiger partial charge is 0.125 e. The zero-order valence-corrected chi connectivity index (χ0v) is 17.8. The normalized spacial score (nSPS) is 28.0. The number of benzene rings is 2. The molecule has 2 aromatic rings. The predicted molar refractivity (Wildman–Crippen MR) is 115 cm³/mol. The molecule has 2 aromatic carbocycles. The molecule has 0 bridgehead atoms. The van der Waals surface area contributed by atoms with Crippen LogP contribution in [0.3, 0.4) is 0 Å². The van der Waals surface area contributed by atoms with Crippen molar-refractivity contribution in [3.63, 3.8) is 0 Å². The molecule has 4 atom stereocenters. The Bertz CT molecular complexity index is 922. The molecule has 3 aliphatic rings. The van der Waals surface area contributed by atoms with Crippen LogP contribution in [0.2, 0.25) is 0 Å². The number of aliphatic hydroxyl groups excluding tert-OH is 2. The summed E-state index contributed by atoms with van der Waals surface area (Å²) < 4.78 is 23.4. The molecule has 31 heavy (non-hydrogen) atoms. The van der Waals surface area contributed by atoms with Gasteiger partial charge in [0.2, 0.25) is 0 Å². The monoisotopic (exact) mass is 426 g/mol. The largest absolute Gasteiger partial charge is 0.497 e. The van der Waals surface area contributed by atoms with Gasteiger partial charge in [0.1, 0.15) is 23.0 Å². The number of hydrogen-bond acceptors (Lipinski definition) is 6. The molecular formula is C25H30O6. The van der Waals surface area contributed by atoms with Crippen LogP contribution in [0.4, 0.5) is 0 Å².